The molecule has 4 heteroatoms. The summed E-state index contributed by atoms with van der Waals surface area (Å²) >= 11 is 0. The van der Waals surface area contributed by atoms with E-state index in [4.69, 9.17) is 11.5 Å². The molecule has 0 saturated heterocycles. The van der Waals surface area contributed by atoms with E-state index >= 15 is 0 Å². The molecule has 3 unspecified atom stereocenters. The second-order valence-electron chi connectivity index (χ2n) is 6.80. The van der Waals surface area contributed by atoms with Crippen LogP contribution >= 0.6 is 0 Å². The van der Waals surface area contributed by atoms with Gasteiger partial charge in [0.05, 0.1) is 0 Å². The molecule has 1 aliphatic carbocycles. The summed E-state index contributed by atoms with van der Waals surface area (Å²) < 4.78 is 0. The van der Waals surface area contributed by atoms with Gasteiger partial charge in [-0.2, -0.15) is 0 Å². The van der Waals surface area contributed by atoms with Crippen LogP contribution in [0.25, 0.3) is 0 Å². The molecule has 1 saturated carbocycles. The van der Waals surface area contributed by atoms with Gasteiger partial charge in [-0.1, -0.05) is 44.5 Å². The lowest BCUT2D eigenvalue weighted by Gasteiger charge is -2.26. The van der Waals surface area contributed by atoms with Crippen LogP contribution in [0, 0.1) is 5.92 Å². The third-order valence-corrected chi connectivity index (χ3v) is 4.61. The van der Waals surface area contributed by atoms with E-state index in [1.54, 1.807) is 0 Å². The summed E-state index contributed by atoms with van der Waals surface area (Å²) in [4.78, 5) is 12.2. The lowest BCUT2D eigenvalue weighted by Crippen LogP contribution is -2.40. The van der Waals surface area contributed by atoms with Crippen molar-refractivity contribution in [2.24, 2.45) is 17.4 Å². The van der Waals surface area contributed by atoms with Crippen molar-refractivity contribution in [3.63, 3.8) is 0 Å². The van der Waals surface area contributed by atoms with Crippen LogP contribution in [0.5, 0.6) is 0 Å². The van der Waals surface area contributed by atoms with E-state index in [0.29, 0.717) is 12.5 Å². The first-order valence-electron chi connectivity index (χ1n) is 8.36. The molecule has 4 nitrogen and oxygen atoms in total. The fourth-order valence-electron chi connectivity index (χ4n) is 3.07. The van der Waals surface area contributed by atoms with Crippen LogP contribution in [0.1, 0.15) is 62.6 Å². The molecule has 122 valence electrons. The summed E-state index contributed by atoms with van der Waals surface area (Å²) in [6.45, 7) is 4.82. The molecule has 0 heterocycles. The molecule has 0 spiro atoms. The first-order valence-corrected chi connectivity index (χ1v) is 8.36. The SMILES string of the molecule is CC(C)c1ccc(C(N)CNC(=O)C2CCCC(N)C2)cc1. The zero-order valence-electron chi connectivity index (χ0n) is 13.7. The molecule has 1 aromatic carbocycles. The molecule has 1 aromatic rings. The van der Waals surface area contributed by atoms with E-state index in [1.807, 2.05) is 0 Å². The predicted octanol–water partition coefficient (Wildman–Crippen LogP) is 2.44. The Morgan fingerprint density at radius 3 is 2.45 bits per heavy atom. The highest BCUT2D eigenvalue weighted by Crippen LogP contribution is 2.23. The lowest BCUT2D eigenvalue weighted by atomic mass is 9.85. The van der Waals surface area contributed by atoms with Crippen molar-refractivity contribution in [2.75, 3.05) is 6.54 Å². The second-order valence-corrected chi connectivity index (χ2v) is 6.80. The third kappa shape index (κ3) is 4.55. The number of hydrogen-bond donors (Lipinski definition) is 3. The number of carbonyl (C=O) groups excluding carboxylic acids is 1. The van der Waals surface area contributed by atoms with Crippen LogP contribution in [0.15, 0.2) is 24.3 Å². The molecule has 5 N–H and O–H groups in total. The molecular weight excluding hydrogens is 274 g/mol. The summed E-state index contributed by atoms with van der Waals surface area (Å²) in [5.74, 6) is 0.671. The molecule has 1 amide bonds. The fourth-order valence-corrected chi connectivity index (χ4v) is 3.07. The first-order chi connectivity index (χ1) is 10.5. The van der Waals surface area contributed by atoms with Crippen molar-refractivity contribution in [3.8, 4) is 0 Å². The summed E-state index contributed by atoms with van der Waals surface area (Å²) in [5.41, 5.74) is 14.5. The van der Waals surface area contributed by atoms with Gasteiger partial charge in [0.25, 0.3) is 0 Å². The van der Waals surface area contributed by atoms with Gasteiger partial charge < -0.3 is 16.8 Å². The maximum Gasteiger partial charge on any atom is 0.223 e. The molecule has 0 radical (unpaired) electrons. The maximum atomic E-state index is 12.2. The van der Waals surface area contributed by atoms with Crippen LogP contribution in [0.2, 0.25) is 0 Å². The smallest absolute Gasteiger partial charge is 0.223 e. The predicted molar refractivity (Wildman–Crippen MR) is 90.4 cm³/mol. The molecule has 3 atom stereocenters. The van der Waals surface area contributed by atoms with E-state index in [-0.39, 0.29) is 23.9 Å². The zero-order chi connectivity index (χ0) is 16.1. The largest absolute Gasteiger partial charge is 0.354 e. The topological polar surface area (TPSA) is 81.1 Å². The summed E-state index contributed by atoms with van der Waals surface area (Å²) in [5, 5.41) is 2.99. The second kappa shape index (κ2) is 7.75. The fraction of sp³-hybridized carbons (Fsp3) is 0.611. The third-order valence-electron chi connectivity index (χ3n) is 4.61. The van der Waals surface area contributed by atoms with Crippen LogP contribution in [0.4, 0.5) is 0 Å². The highest BCUT2D eigenvalue weighted by molar-refractivity contribution is 5.78. The van der Waals surface area contributed by atoms with Gasteiger partial charge in [-0.3, -0.25) is 4.79 Å². The number of carbonyl (C=O) groups is 1. The normalized spacial score (nSPS) is 23.3. The summed E-state index contributed by atoms with van der Waals surface area (Å²) in [6, 6.07) is 8.35. The Bertz CT molecular complexity index is 484. The van der Waals surface area contributed by atoms with Crippen LogP contribution < -0.4 is 16.8 Å². The molecule has 0 bridgehead atoms. The minimum atomic E-state index is -0.164. The summed E-state index contributed by atoms with van der Waals surface area (Å²) in [6.07, 6.45) is 3.81. The van der Waals surface area contributed by atoms with Crippen molar-refractivity contribution in [1.82, 2.24) is 5.32 Å². The number of amides is 1. The van der Waals surface area contributed by atoms with Crippen LogP contribution in [-0.4, -0.2) is 18.5 Å². The highest BCUT2D eigenvalue weighted by atomic mass is 16.1. The van der Waals surface area contributed by atoms with Gasteiger partial charge >= 0.3 is 0 Å². The van der Waals surface area contributed by atoms with Gasteiger partial charge in [0.2, 0.25) is 5.91 Å². The Labute approximate surface area is 133 Å². The number of nitrogens with one attached hydrogen (secondary N) is 1. The number of hydrogen-bond acceptors (Lipinski definition) is 3. The van der Waals surface area contributed by atoms with Crippen molar-refractivity contribution < 1.29 is 4.79 Å². The van der Waals surface area contributed by atoms with Gasteiger partial charge in [0.1, 0.15) is 0 Å². The average molecular weight is 303 g/mol. The van der Waals surface area contributed by atoms with Gasteiger partial charge in [-0.15, -0.1) is 0 Å². The van der Waals surface area contributed by atoms with Crippen molar-refractivity contribution in [2.45, 2.75) is 57.5 Å². The molecule has 0 aliphatic heterocycles. The standard InChI is InChI=1S/C18H29N3O/c1-12(2)13-6-8-14(9-7-13)17(20)11-21-18(22)15-4-3-5-16(19)10-15/h6-9,12,15-17H,3-5,10-11,19-20H2,1-2H3,(H,21,22). The zero-order valence-corrected chi connectivity index (χ0v) is 13.7. The minimum absolute atomic E-state index is 0.0549. The Balaban J connectivity index is 1.84. The first kappa shape index (κ1) is 17.0. The quantitative estimate of drug-likeness (QED) is 0.781. The molecular formula is C18H29N3O. The molecule has 22 heavy (non-hydrogen) atoms. The van der Waals surface area contributed by atoms with E-state index < -0.39 is 0 Å². The average Bonchev–Trinajstić information content (AvgIpc) is 2.52. The lowest BCUT2D eigenvalue weighted by molar-refractivity contribution is -0.126. The molecule has 0 aromatic heterocycles. The van der Waals surface area contributed by atoms with Gasteiger partial charge in [-0.25, -0.2) is 0 Å². The Kier molecular flexibility index (Phi) is 5.98. The van der Waals surface area contributed by atoms with Gasteiger partial charge in [-0.05, 0) is 36.3 Å². The molecule has 1 fully saturated rings. The maximum absolute atomic E-state index is 12.2. The van der Waals surface area contributed by atoms with Crippen molar-refractivity contribution in [1.29, 1.82) is 0 Å². The Morgan fingerprint density at radius 2 is 1.86 bits per heavy atom. The highest BCUT2D eigenvalue weighted by Gasteiger charge is 2.25. The monoisotopic (exact) mass is 303 g/mol. The van der Waals surface area contributed by atoms with E-state index in [0.717, 1.165) is 31.2 Å². The van der Waals surface area contributed by atoms with Crippen molar-refractivity contribution in [3.05, 3.63) is 35.4 Å². The Morgan fingerprint density at radius 1 is 1.23 bits per heavy atom. The molecule has 1 aliphatic rings. The van der Waals surface area contributed by atoms with Gasteiger partial charge in [0.15, 0.2) is 0 Å². The van der Waals surface area contributed by atoms with Gasteiger partial charge in [0, 0.05) is 24.5 Å². The number of rotatable bonds is 5. The summed E-state index contributed by atoms with van der Waals surface area (Å²) in [7, 11) is 0. The number of benzene rings is 1. The van der Waals surface area contributed by atoms with Crippen molar-refractivity contribution >= 4 is 5.91 Å². The van der Waals surface area contributed by atoms with E-state index in [2.05, 4.69) is 43.4 Å². The van der Waals surface area contributed by atoms with E-state index in [1.165, 1.54) is 5.56 Å². The molecule has 2 rings (SSSR count). The van der Waals surface area contributed by atoms with Crippen LogP contribution in [-0.2, 0) is 4.79 Å². The minimum Gasteiger partial charge on any atom is -0.354 e. The van der Waals surface area contributed by atoms with E-state index in [9.17, 15) is 4.79 Å². The van der Waals surface area contributed by atoms with Crippen LogP contribution in [0.3, 0.4) is 0 Å². The number of nitrogens with two attached hydrogens (primary N) is 2. The Hall–Kier alpha value is -1.39.